The van der Waals surface area contributed by atoms with Crippen LogP contribution >= 0.6 is 10.7 Å². The molecule has 0 aliphatic carbocycles. The number of halogens is 1. The monoisotopic (exact) mass is 396 g/mol. The van der Waals surface area contributed by atoms with Crippen LogP contribution in [0.15, 0.2) is 36.4 Å². The lowest BCUT2D eigenvalue weighted by Gasteiger charge is -2.49. The van der Waals surface area contributed by atoms with Gasteiger partial charge in [-0.05, 0) is 35.3 Å². The second-order valence-corrected chi connectivity index (χ2v) is 7.83. The predicted molar refractivity (Wildman–Crippen MR) is 91.6 cm³/mol. The lowest BCUT2D eigenvalue weighted by atomic mass is 9.98. The molecular weight excluding hydrogens is 384 g/mol. The van der Waals surface area contributed by atoms with Crippen LogP contribution < -0.4 is 0 Å². The number of carbonyl (C=O) groups is 4. The zero-order valence-corrected chi connectivity index (χ0v) is 15.0. The SMILES string of the molecule is C=C(C)C(C(=O)O)N1C(=O)C(N2C(=O)c3ccccc3C2=O)C1S(=O)Cl. The van der Waals surface area contributed by atoms with E-state index < -0.39 is 51.2 Å². The highest BCUT2D eigenvalue weighted by Crippen LogP contribution is 2.37. The molecule has 0 spiro atoms. The van der Waals surface area contributed by atoms with Crippen molar-refractivity contribution in [2.24, 2.45) is 0 Å². The van der Waals surface area contributed by atoms with Crippen molar-refractivity contribution in [3.8, 4) is 0 Å². The first-order chi connectivity index (χ1) is 12.2. The van der Waals surface area contributed by atoms with Crippen LogP contribution in [0.25, 0.3) is 0 Å². The second kappa shape index (κ2) is 6.33. The van der Waals surface area contributed by atoms with E-state index in [1.165, 1.54) is 19.1 Å². The average Bonchev–Trinajstić information content (AvgIpc) is 2.81. The third kappa shape index (κ3) is 2.46. The van der Waals surface area contributed by atoms with Crippen LogP contribution in [0.4, 0.5) is 0 Å². The summed E-state index contributed by atoms with van der Waals surface area (Å²) in [5.74, 6) is -3.62. The number of carboxylic acid groups (broad SMARTS) is 1. The Balaban J connectivity index is 2.00. The molecule has 1 aromatic rings. The lowest BCUT2D eigenvalue weighted by Crippen LogP contribution is -2.75. The number of amides is 3. The molecular formula is C16H13ClN2O6S. The van der Waals surface area contributed by atoms with Gasteiger partial charge in [0.1, 0.15) is 10.0 Å². The molecule has 4 unspecified atom stereocenters. The van der Waals surface area contributed by atoms with E-state index in [1.54, 1.807) is 12.1 Å². The topological polar surface area (TPSA) is 112 Å². The largest absolute Gasteiger partial charge is 0.479 e. The van der Waals surface area contributed by atoms with Crippen LogP contribution in [0.1, 0.15) is 27.6 Å². The van der Waals surface area contributed by atoms with E-state index in [4.69, 9.17) is 10.7 Å². The Bertz CT molecular complexity index is 851. The van der Waals surface area contributed by atoms with Crippen molar-refractivity contribution in [2.45, 2.75) is 24.4 Å². The number of likely N-dealkylation sites (tertiary alicyclic amines) is 1. The van der Waals surface area contributed by atoms with E-state index in [2.05, 4.69) is 6.58 Å². The summed E-state index contributed by atoms with van der Waals surface area (Å²) in [4.78, 5) is 50.7. The van der Waals surface area contributed by atoms with Gasteiger partial charge in [-0.1, -0.05) is 18.7 Å². The summed E-state index contributed by atoms with van der Waals surface area (Å²) < 4.78 is 12.0. The Morgan fingerprint density at radius 3 is 2.12 bits per heavy atom. The molecule has 1 saturated heterocycles. The maximum Gasteiger partial charge on any atom is 0.330 e. The van der Waals surface area contributed by atoms with Crippen molar-refractivity contribution >= 4 is 44.4 Å². The highest BCUT2D eigenvalue weighted by Gasteiger charge is 2.61. The van der Waals surface area contributed by atoms with Crippen LogP contribution in [0.5, 0.6) is 0 Å². The standard InChI is InChI=1S/C16H13ClN2O6S/c1-7(2)10(16(23)24)19-14(22)11(15(19)26(17)25)18-12(20)8-5-3-4-6-9(8)13(18)21/h3-6,10-11,15H,1H2,2H3,(H,23,24). The van der Waals surface area contributed by atoms with Crippen LogP contribution in [-0.4, -0.2) is 60.3 Å². The summed E-state index contributed by atoms with van der Waals surface area (Å²) in [6.07, 6.45) is 0. The van der Waals surface area contributed by atoms with Gasteiger partial charge in [0.15, 0.2) is 17.5 Å². The van der Waals surface area contributed by atoms with Crippen molar-refractivity contribution in [3.05, 3.63) is 47.5 Å². The van der Waals surface area contributed by atoms with Gasteiger partial charge in [-0.25, -0.2) is 9.00 Å². The van der Waals surface area contributed by atoms with Crippen molar-refractivity contribution in [3.63, 3.8) is 0 Å². The molecule has 0 aromatic heterocycles. The van der Waals surface area contributed by atoms with Gasteiger partial charge in [-0.3, -0.25) is 19.3 Å². The molecule has 2 aliphatic heterocycles. The third-order valence-electron chi connectivity index (χ3n) is 4.32. The van der Waals surface area contributed by atoms with Crippen molar-refractivity contribution in [2.75, 3.05) is 0 Å². The minimum absolute atomic E-state index is 0.123. The molecule has 1 aromatic carbocycles. The van der Waals surface area contributed by atoms with Crippen molar-refractivity contribution in [1.29, 1.82) is 0 Å². The van der Waals surface area contributed by atoms with E-state index in [9.17, 15) is 28.5 Å². The van der Waals surface area contributed by atoms with Gasteiger partial charge in [0.05, 0.1) is 11.1 Å². The Labute approximate surface area is 155 Å². The van der Waals surface area contributed by atoms with E-state index in [0.717, 1.165) is 4.90 Å². The predicted octanol–water partition coefficient (Wildman–Crippen LogP) is 0.751. The molecule has 1 N–H and O–H groups in total. The summed E-state index contributed by atoms with van der Waals surface area (Å²) in [6.45, 7) is 4.93. The van der Waals surface area contributed by atoms with Gasteiger partial charge in [0.25, 0.3) is 17.7 Å². The second-order valence-electron chi connectivity index (χ2n) is 5.94. The highest BCUT2D eigenvalue weighted by atomic mass is 35.7. The van der Waals surface area contributed by atoms with Gasteiger partial charge in [0, 0.05) is 0 Å². The Morgan fingerprint density at radius 1 is 1.23 bits per heavy atom. The molecule has 10 heteroatoms. The molecule has 8 nitrogen and oxygen atoms in total. The molecule has 136 valence electrons. The smallest absolute Gasteiger partial charge is 0.330 e. The number of imide groups is 1. The minimum atomic E-state index is -2.22. The minimum Gasteiger partial charge on any atom is -0.479 e. The number of carboxylic acids is 1. The molecule has 2 aliphatic rings. The zero-order chi connectivity index (χ0) is 19.3. The van der Waals surface area contributed by atoms with Crippen LogP contribution in [0.2, 0.25) is 0 Å². The molecule has 26 heavy (non-hydrogen) atoms. The van der Waals surface area contributed by atoms with Gasteiger partial charge in [-0.15, -0.1) is 0 Å². The van der Waals surface area contributed by atoms with Gasteiger partial charge in [-0.2, -0.15) is 0 Å². The number of hydrogen-bond donors (Lipinski definition) is 1. The number of benzene rings is 1. The fourth-order valence-corrected chi connectivity index (χ4v) is 4.60. The van der Waals surface area contributed by atoms with Gasteiger partial charge in [0.2, 0.25) is 0 Å². The number of fused-ring (bicyclic) bond motifs is 1. The van der Waals surface area contributed by atoms with E-state index in [-0.39, 0.29) is 16.7 Å². The summed E-state index contributed by atoms with van der Waals surface area (Å²) in [6, 6.07) is 3.14. The normalized spacial score (nSPS) is 24.2. The Hall–Kier alpha value is -2.52. The van der Waals surface area contributed by atoms with E-state index in [1.807, 2.05) is 0 Å². The number of carbonyl (C=O) groups excluding carboxylic acids is 3. The van der Waals surface area contributed by atoms with Crippen LogP contribution in [0, 0.1) is 0 Å². The zero-order valence-electron chi connectivity index (χ0n) is 13.4. The molecule has 1 fully saturated rings. The number of nitrogens with zero attached hydrogens (tertiary/aromatic N) is 2. The maximum atomic E-state index is 12.6. The van der Waals surface area contributed by atoms with Gasteiger partial charge < -0.3 is 10.0 Å². The highest BCUT2D eigenvalue weighted by molar-refractivity contribution is 8.08. The third-order valence-corrected chi connectivity index (χ3v) is 5.74. The number of hydrogen-bond acceptors (Lipinski definition) is 5. The first kappa shape index (κ1) is 18.3. The average molecular weight is 397 g/mol. The molecule has 0 radical (unpaired) electrons. The van der Waals surface area contributed by atoms with Crippen molar-refractivity contribution < 1.29 is 28.5 Å². The summed E-state index contributed by atoms with van der Waals surface area (Å²) in [7, 11) is 3.46. The number of β-lactam (4-membered cyclic amide) rings is 1. The molecule has 3 amide bonds. The van der Waals surface area contributed by atoms with Crippen LogP contribution in [0.3, 0.4) is 0 Å². The first-order valence-electron chi connectivity index (χ1n) is 7.42. The Kier molecular flexibility index (Phi) is 4.45. The quantitative estimate of drug-likeness (QED) is 0.340. The summed E-state index contributed by atoms with van der Waals surface area (Å²) in [5.41, 5.74) is 0.369. The van der Waals surface area contributed by atoms with Crippen LogP contribution in [-0.2, 0) is 19.6 Å². The molecule has 0 saturated carbocycles. The number of aliphatic carboxylic acids is 1. The fraction of sp³-hybridized carbons (Fsp3) is 0.250. The summed E-state index contributed by atoms with van der Waals surface area (Å²) >= 11 is 0. The maximum absolute atomic E-state index is 12.6. The fourth-order valence-electron chi connectivity index (χ4n) is 3.20. The summed E-state index contributed by atoms with van der Waals surface area (Å²) in [5, 5.41) is 8.01. The first-order valence-corrected chi connectivity index (χ1v) is 9.46. The molecule has 2 heterocycles. The molecule has 3 rings (SSSR count). The van der Waals surface area contributed by atoms with E-state index in [0.29, 0.717) is 4.90 Å². The molecule has 4 atom stereocenters. The van der Waals surface area contributed by atoms with E-state index >= 15 is 0 Å². The van der Waals surface area contributed by atoms with Gasteiger partial charge >= 0.3 is 5.97 Å². The molecule has 0 bridgehead atoms. The lowest BCUT2D eigenvalue weighted by molar-refractivity contribution is -0.161. The number of rotatable bonds is 5. The Morgan fingerprint density at radius 2 is 1.73 bits per heavy atom. The van der Waals surface area contributed by atoms with Crippen molar-refractivity contribution in [1.82, 2.24) is 9.80 Å².